The lowest BCUT2D eigenvalue weighted by atomic mass is 10.1. The molecule has 0 aliphatic rings. The summed E-state index contributed by atoms with van der Waals surface area (Å²) in [6.07, 6.45) is 1.36. The number of aromatic nitrogens is 2. The third-order valence-corrected chi connectivity index (χ3v) is 2.90. The summed E-state index contributed by atoms with van der Waals surface area (Å²) in [6, 6.07) is 6.10. The van der Waals surface area contributed by atoms with Crippen molar-refractivity contribution in [2.75, 3.05) is 0 Å². The highest BCUT2D eigenvalue weighted by Gasteiger charge is 2.19. The fraction of sp³-hybridized carbons (Fsp3) is 0.286. The number of halogens is 1. The molecular formula is C14H15FN2O2. The van der Waals surface area contributed by atoms with Crippen molar-refractivity contribution in [2.45, 2.75) is 26.3 Å². The zero-order chi connectivity index (χ0) is 14.0. The molecule has 100 valence electrons. The molecular weight excluding hydrogens is 247 g/mol. The summed E-state index contributed by atoms with van der Waals surface area (Å²) in [5.41, 5.74) is 1.78. The molecule has 2 rings (SSSR count). The number of hydrogen-bond acceptors (Lipinski definition) is 2. The Morgan fingerprint density at radius 3 is 2.53 bits per heavy atom. The maximum atomic E-state index is 12.8. The van der Waals surface area contributed by atoms with Gasteiger partial charge in [0, 0.05) is 0 Å². The molecule has 0 spiro atoms. The number of aromatic carboxylic acids is 1. The summed E-state index contributed by atoms with van der Waals surface area (Å²) in [6.45, 7) is 4.27. The second-order valence-electron chi connectivity index (χ2n) is 4.69. The molecule has 2 aromatic rings. The molecule has 1 aromatic carbocycles. The van der Waals surface area contributed by atoms with Crippen molar-refractivity contribution in [1.29, 1.82) is 0 Å². The smallest absolute Gasteiger partial charge is 0.339 e. The summed E-state index contributed by atoms with van der Waals surface area (Å²) < 4.78 is 14.5. The standard InChI is InChI=1S/C14H15FN2O2/c1-9(2)13-12(14(18)19)7-16-17(13)8-10-3-5-11(15)6-4-10/h3-7,9H,8H2,1-2H3,(H,18,19). The molecule has 0 aliphatic carbocycles. The molecule has 4 nitrogen and oxygen atoms in total. The van der Waals surface area contributed by atoms with Crippen molar-refractivity contribution in [3.05, 3.63) is 53.1 Å². The zero-order valence-electron chi connectivity index (χ0n) is 10.8. The van der Waals surface area contributed by atoms with Crippen LogP contribution < -0.4 is 0 Å². The van der Waals surface area contributed by atoms with E-state index in [4.69, 9.17) is 5.11 Å². The monoisotopic (exact) mass is 262 g/mol. The molecule has 1 aromatic heterocycles. The average molecular weight is 262 g/mol. The van der Waals surface area contributed by atoms with Gasteiger partial charge in [0.25, 0.3) is 0 Å². The predicted molar refractivity (Wildman–Crippen MR) is 68.8 cm³/mol. The van der Waals surface area contributed by atoms with Gasteiger partial charge in [0.1, 0.15) is 11.4 Å². The minimum atomic E-state index is -0.978. The van der Waals surface area contributed by atoms with Gasteiger partial charge in [0.2, 0.25) is 0 Å². The van der Waals surface area contributed by atoms with Gasteiger partial charge in [-0.2, -0.15) is 5.10 Å². The number of nitrogens with zero attached hydrogens (tertiary/aromatic N) is 2. The average Bonchev–Trinajstić information content (AvgIpc) is 2.76. The van der Waals surface area contributed by atoms with Crippen molar-refractivity contribution in [3.63, 3.8) is 0 Å². The molecule has 5 heteroatoms. The van der Waals surface area contributed by atoms with Crippen LogP contribution in [0.25, 0.3) is 0 Å². The first-order valence-corrected chi connectivity index (χ1v) is 6.02. The first-order valence-electron chi connectivity index (χ1n) is 6.02. The van der Waals surface area contributed by atoms with E-state index in [0.717, 1.165) is 5.56 Å². The Morgan fingerprint density at radius 2 is 2.00 bits per heavy atom. The van der Waals surface area contributed by atoms with Gasteiger partial charge in [-0.05, 0) is 23.6 Å². The molecule has 0 saturated carbocycles. The minimum Gasteiger partial charge on any atom is -0.478 e. The van der Waals surface area contributed by atoms with Crippen molar-refractivity contribution in [2.24, 2.45) is 0 Å². The number of benzene rings is 1. The molecule has 19 heavy (non-hydrogen) atoms. The Bertz CT molecular complexity index is 588. The van der Waals surface area contributed by atoms with Crippen LogP contribution in [0.5, 0.6) is 0 Å². The first kappa shape index (κ1) is 13.3. The molecule has 0 atom stereocenters. The van der Waals surface area contributed by atoms with Crippen LogP contribution in [0.3, 0.4) is 0 Å². The second-order valence-corrected chi connectivity index (χ2v) is 4.69. The van der Waals surface area contributed by atoms with Crippen LogP contribution in [0.4, 0.5) is 4.39 Å². The van der Waals surface area contributed by atoms with Gasteiger partial charge in [-0.1, -0.05) is 26.0 Å². The highest BCUT2D eigenvalue weighted by molar-refractivity contribution is 5.88. The van der Waals surface area contributed by atoms with Gasteiger partial charge in [-0.15, -0.1) is 0 Å². The van der Waals surface area contributed by atoms with Crippen LogP contribution in [0.2, 0.25) is 0 Å². The Balaban J connectivity index is 2.35. The highest BCUT2D eigenvalue weighted by Crippen LogP contribution is 2.20. The minimum absolute atomic E-state index is 0.0500. The van der Waals surface area contributed by atoms with Gasteiger partial charge in [0.05, 0.1) is 18.4 Å². The van der Waals surface area contributed by atoms with E-state index in [0.29, 0.717) is 12.2 Å². The van der Waals surface area contributed by atoms with E-state index in [1.54, 1.807) is 16.8 Å². The van der Waals surface area contributed by atoms with E-state index in [9.17, 15) is 9.18 Å². The van der Waals surface area contributed by atoms with E-state index in [1.165, 1.54) is 18.3 Å². The second kappa shape index (κ2) is 5.22. The van der Waals surface area contributed by atoms with E-state index in [1.807, 2.05) is 13.8 Å². The fourth-order valence-corrected chi connectivity index (χ4v) is 2.06. The summed E-state index contributed by atoms with van der Waals surface area (Å²) >= 11 is 0. The van der Waals surface area contributed by atoms with Crippen LogP contribution >= 0.6 is 0 Å². The molecule has 0 unspecified atom stereocenters. The number of carboxylic acid groups (broad SMARTS) is 1. The maximum Gasteiger partial charge on any atom is 0.339 e. The third kappa shape index (κ3) is 2.81. The van der Waals surface area contributed by atoms with Gasteiger partial charge in [0.15, 0.2) is 0 Å². The maximum absolute atomic E-state index is 12.8. The summed E-state index contributed by atoms with van der Waals surface area (Å²) in [7, 11) is 0. The van der Waals surface area contributed by atoms with E-state index >= 15 is 0 Å². The summed E-state index contributed by atoms with van der Waals surface area (Å²) in [5.74, 6) is -1.22. The van der Waals surface area contributed by atoms with Gasteiger partial charge >= 0.3 is 5.97 Å². The van der Waals surface area contributed by atoms with Gasteiger partial charge in [-0.3, -0.25) is 4.68 Å². The Morgan fingerprint density at radius 1 is 1.37 bits per heavy atom. The normalized spacial score (nSPS) is 10.9. The van der Waals surface area contributed by atoms with Crippen LogP contribution in [0.1, 0.15) is 41.4 Å². The molecule has 0 amide bonds. The predicted octanol–water partition coefficient (Wildman–Crippen LogP) is 2.89. The molecule has 0 bridgehead atoms. The summed E-state index contributed by atoms with van der Waals surface area (Å²) in [5, 5.41) is 13.2. The topological polar surface area (TPSA) is 55.1 Å². The Kier molecular flexibility index (Phi) is 3.64. The van der Waals surface area contributed by atoms with E-state index in [-0.39, 0.29) is 17.3 Å². The molecule has 0 radical (unpaired) electrons. The van der Waals surface area contributed by atoms with Gasteiger partial charge < -0.3 is 5.11 Å². The van der Waals surface area contributed by atoms with Crippen molar-refractivity contribution >= 4 is 5.97 Å². The molecule has 0 aliphatic heterocycles. The number of rotatable bonds is 4. The number of carbonyl (C=O) groups is 1. The van der Waals surface area contributed by atoms with Crippen LogP contribution in [0, 0.1) is 5.82 Å². The SMILES string of the molecule is CC(C)c1c(C(=O)O)cnn1Cc1ccc(F)cc1. The van der Waals surface area contributed by atoms with Crippen LogP contribution in [0.15, 0.2) is 30.5 Å². The summed E-state index contributed by atoms with van der Waals surface area (Å²) in [4.78, 5) is 11.1. The number of hydrogen-bond donors (Lipinski definition) is 1. The molecule has 1 N–H and O–H groups in total. The van der Waals surface area contributed by atoms with Crippen LogP contribution in [-0.2, 0) is 6.54 Å². The quantitative estimate of drug-likeness (QED) is 0.921. The zero-order valence-corrected chi connectivity index (χ0v) is 10.8. The van der Waals surface area contributed by atoms with Crippen molar-refractivity contribution in [3.8, 4) is 0 Å². The highest BCUT2D eigenvalue weighted by atomic mass is 19.1. The lowest BCUT2D eigenvalue weighted by molar-refractivity contribution is 0.0695. The first-order chi connectivity index (χ1) is 8.99. The number of carboxylic acids is 1. The van der Waals surface area contributed by atoms with Crippen molar-refractivity contribution in [1.82, 2.24) is 9.78 Å². The Labute approximate surface area is 110 Å². The van der Waals surface area contributed by atoms with E-state index in [2.05, 4.69) is 5.10 Å². The fourth-order valence-electron chi connectivity index (χ4n) is 2.06. The molecule has 1 heterocycles. The lowest BCUT2D eigenvalue weighted by Crippen LogP contribution is -2.10. The van der Waals surface area contributed by atoms with Gasteiger partial charge in [-0.25, -0.2) is 9.18 Å². The molecule has 0 fully saturated rings. The largest absolute Gasteiger partial charge is 0.478 e. The third-order valence-electron chi connectivity index (χ3n) is 2.90. The lowest BCUT2D eigenvalue weighted by Gasteiger charge is -2.11. The van der Waals surface area contributed by atoms with Crippen LogP contribution in [-0.4, -0.2) is 20.9 Å². The Hall–Kier alpha value is -2.17. The molecule has 0 saturated heterocycles. The van der Waals surface area contributed by atoms with Crippen molar-refractivity contribution < 1.29 is 14.3 Å². The van der Waals surface area contributed by atoms with E-state index < -0.39 is 5.97 Å².